The van der Waals surface area contributed by atoms with Crippen LogP contribution in [0.3, 0.4) is 0 Å². The third-order valence-electron chi connectivity index (χ3n) is 4.20. The van der Waals surface area contributed by atoms with E-state index in [2.05, 4.69) is 31.4 Å². The first-order chi connectivity index (χ1) is 12.0. The average molecular weight is 373 g/mol. The van der Waals surface area contributed by atoms with Crippen LogP contribution in [-0.4, -0.2) is 11.8 Å². The summed E-state index contributed by atoms with van der Waals surface area (Å²) in [6, 6.07) is 14.5. The minimum atomic E-state index is -1.26. The fourth-order valence-corrected chi connectivity index (χ4v) is 2.67. The summed E-state index contributed by atoms with van der Waals surface area (Å²) in [6.45, 7) is 9.43. The van der Waals surface area contributed by atoms with Gasteiger partial charge in [-0.25, -0.2) is 0 Å². The summed E-state index contributed by atoms with van der Waals surface area (Å²) in [5.41, 5.74) is 0.899. The van der Waals surface area contributed by atoms with Crippen LogP contribution in [0.4, 0.5) is 11.4 Å². The highest BCUT2D eigenvalue weighted by Crippen LogP contribution is 2.31. The van der Waals surface area contributed by atoms with Gasteiger partial charge in [-0.3, -0.25) is 9.59 Å². The first-order valence-electron chi connectivity index (χ1n) is 8.50. The van der Waals surface area contributed by atoms with E-state index < -0.39 is 11.3 Å². The highest BCUT2D eigenvalue weighted by molar-refractivity contribution is 6.31. The maximum atomic E-state index is 12.8. The second kappa shape index (κ2) is 7.50. The molecule has 2 aromatic rings. The fourth-order valence-electron chi connectivity index (χ4n) is 2.48. The van der Waals surface area contributed by atoms with Crippen molar-refractivity contribution in [2.24, 2.45) is 5.41 Å². The first-order valence-corrected chi connectivity index (χ1v) is 8.87. The molecule has 0 spiro atoms. The number of anilines is 2. The predicted octanol–water partition coefficient (Wildman–Crippen LogP) is 5.24. The summed E-state index contributed by atoms with van der Waals surface area (Å²) in [5.74, 6) is -0.765. The normalized spacial score (nSPS) is 11.8. The molecular formula is C21H25ClN2O2. The molecule has 0 unspecified atom stereocenters. The average Bonchev–Trinajstić information content (AvgIpc) is 2.54. The minimum absolute atomic E-state index is 0.128. The van der Waals surface area contributed by atoms with E-state index in [1.807, 2.05) is 24.3 Å². The van der Waals surface area contributed by atoms with E-state index in [0.717, 1.165) is 5.56 Å². The molecule has 2 aromatic carbocycles. The van der Waals surface area contributed by atoms with Crippen LogP contribution >= 0.6 is 11.6 Å². The zero-order valence-corrected chi connectivity index (χ0v) is 16.6. The van der Waals surface area contributed by atoms with Gasteiger partial charge in [0.1, 0.15) is 5.41 Å². The van der Waals surface area contributed by atoms with Gasteiger partial charge < -0.3 is 10.6 Å². The standard InChI is InChI=1S/C21H25ClN2O2/c1-20(2,3)16-11-6-7-12-17(16)24-19(26)21(4,5)18(25)23-15-10-8-9-14(22)13-15/h6-13H,1-5H3,(H,23,25)(H,24,26). The number of hydrogen-bond acceptors (Lipinski definition) is 2. The van der Waals surface area contributed by atoms with Crippen molar-refractivity contribution >= 4 is 34.8 Å². The van der Waals surface area contributed by atoms with Gasteiger partial charge in [-0.1, -0.05) is 56.6 Å². The van der Waals surface area contributed by atoms with Gasteiger partial charge in [0, 0.05) is 16.4 Å². The Kier molecular flexibility index (Phi) is 5.77. The Morgan fingerprint density at radius 1 is 0.846 bits per heavy atom. The highest BCUT2D eigenvalue weighted by Gasteiger charge is 2.36. The largest absolute Gasteiger partial charge is 0.325 e. The van der Waals surface area contributed by atoms with Gasteiger partial charge in [0.25, 0.3) is 0 Å². The van der Waals surface area contributed by atoms with Crippen molar-refractivity contribution < 1.29 is 9.59 Å². The number of hydrogen-bond donors (Lipinski definition) is 2. The molecule has 0 saturated heterocycles. The predicted molar refractivity (Wildman–Crippen MR) is 108 cm³/mol. The van der Waals surface area contributed by atoms with Crippen molar-refractivity contribution in [1.29, 1.82) is 0 Å². The molecule has 5 heteroatoms. The second-order valence-electron chi connectivity index (χ2n) is 7.84. The van der Waals surface area contributed by atoms with Crippen LogP contribution in [0, 0.1) is 5.41 Å². The molecule has 0 heterocycles. The topological polar surface area (TPSA) is 58.2 Å². The van der Waals surface area contributed by atoms with E-state index in [9.17, 15) is 9.59 Å². The lowest BCUT2D eigenvalue weighted by Gasteiger charge is -2.26. The molecule has 0 aromatic heterocycles. The lowest BCUT2D eigenvalue weighted by molar-refractivity contribution is -0.135. The molecule has 0 bridgehead atoms. The lowest BCUT2D eigenvalue weighted by Crippen LogP contribution is -2.42. The second-order valence-corrected chi connectivity index (χ2v) is 8.28. The monoisotopic (exact) mass is 372 g/mol. The Hall–Kier alpha value is -2.33. The quantitative estimate of drug-likeness (QED) is 0.721. The van der Waals surface area contributed by atoms with Crippen LogP contribution < -0.4 is 10.6 Å². The SMILES string of the molecule is CC(C)(C(=O)Nc1cccc(Cl)c1)C(=O)Nc1ccccc1C(C)(C)C. The Balaban J connectivity index is 2.19. The van der Waals surface area contributed by atoms with Gasteiger partial charge in [0.15, 0.2) is 0 Å². The molecule has 2 rings (SSSR count). The maximum Gasteiger partial charge on any atom is 0.239 e. The number of amides is 2. The van der Waals surface area contributed by atoms with E-state index in [4.69, 9.17) is 11.6 Å². The number of nitrogens with one attached hydrogen (secondary N) is 2. The molecule has 0 saturated carbocycles. The number of para-hydroxylation sites is 1. The van der Waals surface area contributed by atoms with Crippen LogP contribution in [0.5, 0.6) is 0 Å². The van der Waals surface area contributed by atoms with Crippen LogP contribution in [0.25, 0.3) is 0 Å². The molecule has 0 aliphatic rings. The zero-order valence-electron chi connectivity index (χ0n) is 15.8. The van der Waals surface area contributed by atoms with Crippen molar-refractivity contribution in [3.05, 3.63) is 59.1 Å². The Labute approximate surface area is 159 Å². The van der Waals surface area contributed by atoms with Crippen molar-refractivity contribution in [2.75, 3.05) is 10.6 Å². The fraction of sp³-hybridized carbons (Fsp3) is 0.333. The van der Waals surface area contributed by atoms with Crippen LogP contribution in [0.1, 0.15) is 40.2 Å². The lowest BCUT2D eigenvalue weighted by atomic mass is 9.85. The molecule has 2 N–H and O–H groups in total. The minimum Gasteiger partial charge on any atom is -0.325 e. The van der Waals surface area contributed by atoms with E-state index in [0.29, 0.717) is 16.4 Å². The van der Waals surface area contributed by atoms with Crippen molar-refractivity contribution in [2.45, 2.75) is 40.0 Å². The summed E-state index contributed by atoms with van der Waals surface area (Å²) in [6.07, 6.45) is 0. The molecule has 4 nitrogen and oxygen atoms in total. The molecule has 0 aliphatic carbocycles. The van der Waals surface area contributed by atoms with E-state index >= 15 is 0 Å². The van der Waals surface area contributed by atoms with Crippen molar-refractivity contribution in [3.63, 3.8) is 0 Å². The zero-order chi connectivity index (χ0) is 19.5. The summed E-state index contributed by atoms with van der Waals surface area (Å²) < 4.78 is 0. The number of carbonyl (C=O) groups excluding carboxylic acids is 2. The number of benzene rings is 2. The van der Waals surface area contributed by atoms with Crippen LogP contribution in [-0.2, 0) is 15.0 Å². The summed E-state index contributed by atoms with van der Waals surface area (Å²) in [4.78, 5) is 25.5. The van der Waals surface area contributed by atoms with Gasteiger partial charge in [0.2, 0.25) is 11.8 Å². The van der Waals surface area contributed by atoms with Crippen molar-refractivity contribution in [3.8, 4) is 0 Å². The molecule has 0 atom stereocenters. The van der Waals surface area contributed by atoms with Gasteiger partial charge in [-0.2, -0.15) is 0 Å². The molecule has 0 aliphatic heterocycles. The third kappa shape index (κ3) is 4.64. The van der Waals surface area contributed by atoms with Gasteiger partial charge in [-0.15, -0.1) is 0 Å². The third-order valence-corrected chi connectivity index (χ3v) is 4.44. The van der Waals surface area contributed by atoms with E-state index in [1.54, 1.807) is 38.1 Å². The molecule has 2 amide bonds. The molecule has 0 fully saturated rings. The molecule has 138 valence electrons. The van der Waals surface area contributed by atoms with Crippen molar-refractivity contribution in [1.82, 2.24) is 0 Å². The summed E-state index contributed by atoms with van der Waals surface area (Å²) in [7, 11) is 0. The number of halogens is 1. The molecular weight excluding hydrogens is 348 g/mol. The molecule has 0 radical (unpaired) electrons. The van der Waals surface area contributed by atoms with Crippen LogP contribution in [0.15, 0.2) is 48.5 Å². The Morgan fingerprint density at radius 2 is 1.46 bits per heavy atom. The smallest absolute Gasteiger partial charge is 0.239 e. The maximum absolute atomic E-state index is 12.8. The highest BCUT2D eigenvalue weighted by atomic mass is 35.5. The van der Waals surface area contributed by atoms with Gasteiger partial charge in [0.05, 0.1) is 0 Å². The van der Waals surface area contributed by atoms with Gasteiger partial charge in [-0.05, 0) is 49.1 Å². The summed E-state index contributed by atoms with van der Waals surface area (Å²) >= 11 is 5.94. The van der Waals surface area contributed by atoms with Crippen LogP contribution in [0.2, 0.25) is 5.02 Å². The Bertz CT molecular complexity index is 823. The summed E-state index contributed by atoms with van der Waals surface area (Å²) in [5, 5.41) is 6.18. The molecule has 26 heavy (non-hydrogen) atoms. The van der Waals surface area contributed by atoms with E-state index in [1.165, 1.54) is 0 Å². The van der Waals surface area contributed by atoms with Gasteiger partial charge >= 0.3 is 0 Å². The Morgan fingerprint density at radius 3 is 2.08 bits per heavy atom. The number of carbonyl (C=O) groups is 2. The first kappa shape index (κ1) is 20.0. The number of rotatable bonds is 4. The van der Waals surface area contributed by atoms with E-state index in [-0.39, 0.29) is 11.3 Å².